The molecule has 0 aliphatic carbocycles. The standard InChI is InChI=1S/C8H17N3O2/c1-4-5-8(2,3)10-6(12)7(13)11-9/h4-5,9H2,1-3H3,(H,10,12)(H,11,13). The van der Waals surface area contributed by atoms with E-state index in [9.17, 15) is 9.59 Å². The average Bonchev–Trinajstić information content (AvgIpc) is 2.01. The maximum Gasteiger partial charge on any atom is 0.323 e. The number of amides is 2. The van der Waals surface area contributed by atoms with E-state index in [0.29, 0.717) is 0 Å². The first kappa shape index (κ1) is 11.9. The Morgan fingerprint density at radius 3 is 2.23 bits per heavy atom. The molecular weight excluding hydrogens is 170 g/mol. The number of rotatable bonds is 3. The van der Waals surface area contributed by atoms with Crippen molar-refractivity contribution in [1.82, 2.24) is 10.7 Å². The summed E-state index contributed by atoms with van der Waals surface area (Å²) in [6.45, 7) is 5.73. The van der Waals surface area contributed by atoms with E-state index in [1.807, 2.05) is 20.8 Å². The van der Waals surface area contributed by atoms with Crippen molar-refractivity contribution in [3.8, 4) is 0 Å². The maximum absolute atomic E-state index is 11.1. The first-order valence-corrected chi connectivity index (χ1v) is 4.26. The third-order valence-corrected chi connectivity index (χ3v) is 1.66. The summed E-state index contributed by atoms with van der Waals surface area (Å²) < 4.78 is 0. The van der Waals surface area contributed by atoms with E-state index in [1.165, 1.54) is 0 Å². The Morgan fingerprint density at radius 1 is 1.31 bits per heavy atom. The molecule has 0 unspecified atom stereocenters. The van der Waals surface area contributed by atoms with Crippen LogP contribution in [0.25, 0.3) is 0 Å². The Kier molecular flexibility index (Phi) is 4.40. The van der Waals surface area contributed by atoms with Gasteiger partial charge in [0.1, 0.15) is 0 Å². The summed E-state index contributed by atoms with van der Waals surface area (Å²) >= 11 is 0. The molecule has 2 amide bonds. The zero-order valence-electron chi connectivity index (χ0n) is 8.31. The molecule has 0 saturated carbocycles. The van der Waals surface area contributed by atoms with Gasteiger partial charge < -0.3 is 5.32 Å². The summed E-state index contributed by atoms with van der Waals surface area (Å²) in [7, 11) is 0. The molecule has 5 heteroatoms. The van der Waals surface area contributed by atoms with E-state index in [-0.39, 0.29) is 5.54 Å². The van der Waals surface area contributed by atoms with Crippen LogP contribution in [0.4, 0.5) is 0 Å². The molecule has 0 heterocycles. The first-order valence-electron chi connectivity index (χ1n) is 4.26. The number of carbonyl (C=O) groups excluding carboxylic acids is 2. The smallest absolute Gasteiger partial charge is 0.323 e. The largest absolute Gasteiger partial charge is 0.343 e. The molecule has 0 atom stereocenters. The normalized spacial score (nSPS) is 10.8. The third-order valence-electron chi connectivity index (χ3n) is 1.66. The Bertz CT molecular complexity index is 202. The molecule has 0 fully saturated rings. The van der Waals surface area contributed by atoms with Crippen LogP contribution >= 0.6 is 0 Å². The molecular formula is C8H17N3O2. The van der Waals surface area contributed by atoms with E-state index in [2.05, 4.69) is 5.32 Å². The lowest BCUT2D eigenvalue weighted by Gasteiger charge is -2.24. The van der Waals surface area contributed by atoms with Gasteiger partial charge in [-0.25, -0.2) is 5.84 Å². The number of carbonyl (C=O) groups is 2. The Morgan fingerprint density at radius 2 is 1.85 bits per heavy atom. The van der Waals surface area contributed by atoms with Crippen LogP contribution in [0.2, 0.25) is 0 Å². The van der Waals surface area contributed by atoms with Gasteiger partial charge in [0.25, 0.3) is 0 Å². The summed E-state index contributed by atoms with van der Waals surface area (Å²) in [5.74, 6) is 3.30. The number of hydrogen-bond acceptors (Lipinski definition) is 3. The maximum atomic E-state index is 11.1. The van der Waals surface area contributed by atoms with Crippen molar-refractivity contribution in [2.24, 2.45) is 5.84 Å². The van der Waals surface area contributed by atoms with Gasteiger partial charge in [-0.3, -0.25) is 15.0 Å². The lowest BCUT2D eigenvalue weighted by molar-refractivity contribution is -0.140. The van der Waals surface area contributed by atoms with Gasteiger partial charge in [0.15, 0.2) is 0 Å². The number of nitrogens with two attached hydrogens (primary N) is 1. The highest BCUT2D eigenvalue weighted by Gasteiger charge is 2.22. The monoisotopic (exact) mass is 187 g/mol. The highest BCUT2D eigenvalue weighted by Crippen LogP contribution is 2.09. The van der Waals surface area contributed by atoms with Gasteiger partial charge in [0, 0.05) is 5.54 Å². The summed E-state index contributed by atoms with van der Waals surface area (Å²) in [4.78, 5) is 21.8. The molecule has 0 spiro atoms. The molecule has 76 valence electrons. The minimum atomic E-state index is -0.816. The Balaban J connectivity index is 4.11. The molecule has 5 nitrogen and oxygen atoms in total. The van der Waals surface area contributed by atoms with E-state index in [0.717, 1.165) is 12.8 Å². The summed E-state index contributed by atoms with van der Waals surface area (Å²) in [5.41, 5.74) is 1.42. The molecule has 0 saturated heterocycles. The average molecular weight is 187 g/mol. The van der Waals surface area contributed by atoms with Crippen LogP contribution in [-0.2, 0) is 9.59 Å². The summed E-state index contributed by atoms with van der Waals surface area (Å²) in [5, 5.41) is 2.58. The van der Waals surface area contributed by atoms with Crippen LogP contribution in [0.15, 0.2) is 0 Å². The van der Waals surface area contributed by atoms with Crippen LogP contribution in [0, 0.1) is 0 Å². The fraction of sp³-hybridized carbons (Fsp3) is 0.750. The van der Waals surface area contributed by atoms with Crippen molar-refractivity contribution in [2.75, 3.05) is 0 Å². The van der Waals surface area contributed by atoms with Crippen LogP contribution < -0.4 is 16.6 Å². The minimum absolute atomic E-state index is 0.363. The molecule has 13 heavy (non-hydrogen) atoms. The topological polar surface area (TPSA) is 84.2 Å². The molecule has 0 aliphatic rings. The molecule has 0 aromatic heterocycles. The second-order valence-electron chi connectivity index (χ2n) is 3.56. The number of hydrogen-bond donors (Lipinski definition) is 3. The number of nitrogens with one attached hydrogen (secondary N) is 2. The van der Waals surface area contributed by atoms with E-state index in [1.54, 1.807) is 5.43 Å². The van der Waals surface area contributed by atoms with Crippen molar-refractivity contribution < 1.29 is 9.59 Å². The predicted octanol–water partition coefficient (Wildman–Crippen LogP) is -0.329. The van der Waals surface area contributed by atoms with Crippen molar-refractivity contribution in [1.29, 1.82) is 0 Å². The van der Waals surface area contributed by atoms with Gasteiger partial charge in [0.2, 0.25) is 0 Å². The highest BCUT2D eigenvalue weighted by molar-refractivity contribution is 6.35. The lowest BCUT2D eigenvalue weighted by atomic mass is 9.99. The molecule has 0 aromatic rings. The molecule has 0 bridgehead atoms. The van der Waals surface area contributed by atoms with E-state index >= 15 is 0 Å². The van der Waals surface area contributed by atoms with Gasteiger partial charge in [-0.15, -0.1) is 0 Å². The summed E-state index contributed by atoms with van der Waals surface area (Å²) in [6.07, 6.45) is 1.76. The SMILES string of the molecule is CCCC(C)(C)NC(=O)C(=O)NN. The van der Waals surface area contributed by atoms with Gasteiger partial charge in [0.05, 0.1) is 0 Å². The fourth-order valence-electron chi connectivity index (χ4n) is 1.12. The zero-order chi connectivity index (χ0) is 10.5. The number of hydrazine groups is 1. The summed E-state index contributed by atoms with van der Waals surface area (Å²) in [6, 6.07) is 0. The van der Waals surface area contributed by atoms with Gasteiger partial charge in [-0.1, -0.05) is 13.3 Å². The molecule has 0 rings (SSSR count). The minimum Gasteiger partial charge on any atom is -0.343 e. The van der Waals surface area contributed by atoms with Crippen LogP contribution in [0.3, 0.4) is 0 Å². The van der Waals surface area contributed by atoms with Crippen LogP contribution in [0.5, 0.6) is 0 Å². The first-order chi connectivity index (χ1) is 5.93. The van der Waals surface area contributed by atoms with E-state index < -0.39 is 11.8 Å². The quantitative estimate of drug-likeness (QED) is 0.245. The van der Waals surface area contributed by atoms with Gasteiger partial charge >= 0.3 is 11.8 Å². The van der Waals surface area contributed by atoms with Gasteiger partial charge in [-0.05, 0) is 20.3 Å². The second kappa shape index (κ2) is 4.81. The molecule has 0 radical (unpaired) electrons. The van der Waals surface area contributed by atoms with E-state index in [4.69, 9.17) is 5.84 Å². The second-order valence-corrected chi connectivity index (χ2v) is 3.56. The van der Waals surface area contributed by atoms with Crippen molar-refractivity contribution in [3.05, 3.63) is 0 Å². The zero-order valence-corrected chi connectivity index (χ0v) is 8.31. The van der Waals surface area contributed by atoms with Crippen molar-refractivity contribution in [2.45, 2.75) is 39.2 Å². The Labute approximate surface area is 78.0 Å². The van der Waals surface area contributed by atoms with Gasteiger partial charge in [-0.2, -0.15) is 0 Å². The molecule has 4 N–H and O–H groups in total. The van der Waals surface area contributed by atoms with Crippen LogP contribution in [0.1, 0.15) is 33.6 Å². The lowest BCUT2D eigenvalue weighted by Crippen LogP contribution is -2.51. The Hall–Kier alpha value is -1.10. The van der Waals surface area contributed by atoms with Crippen LogP contribution in [-0.4, -0.2) is 17.4 Å². The highest BCUT2D eigenvalue weighted by atomic mass is 16.2. The predicted molar refractivity (Wildman–Crippen MR) is 49.5 cm³/mol. The third kappa shape index (κ3) is 4.47. The van der Waals surface area contributed by atoms with Crippen molar-refractivity contribution >= 4 is 11.8 Å². The molecule has 0 aliphatic heterocycles. The van der Waals surface area contributed by atoms with Crippen molar-refractivity contribution in [3.63, 3.8) is 0 Å². The fourth-order valence-corrected chi connectivity index (χ4v) is 1.12. The molecule has 0 aromatic carbocycles.